The van der Waals surface area contributed by atoms with Crippen LogP contribution in [-0.4, -0.2) is 46.9 Å². The van der Waals surface area contributed by atoms with Crippen molar-refractivity contribution in [2.24, 2.45) is 17.8 Å². The molecule has 0 spiro atoms. The second kappa shape index (κ2) is 9.10. The molecule has 6 nitrogen and oxygen atoms in total. The van der Waals surface area contributed by atoms with Crippen LogP contribution in [0.3, 0.4) is 0 Å². The first kappa shape index (κ1) is 22.6. The first-order valence-electron chi connectivity index (χ1n) is 11.7. The lowest BCUT2D eigenvalue weighted by atomic mass is 9.48. The second-order valence-corrected chi connectivity index (χ2v) is 11.8. The van der Waals surface area contributed by atoms with Gasteiger partial charge in [0.25, 0.3) is 0 Å². The fourth-order valence-corrected chi connectivity index (χ4v) is 7.43. The number of amides is 1. The van der Waals surface area contributed by atoms with E-state index in [4.69, 9.17) is 4.74 Å². The zero-order valence-corrected chi connectivity index (χ0v) is 19.6. The number of benzene rings is 1. The highest BCUT2D eigenvalue weighted by Gasteiger charge is 2.51. The van der Waals surface area contributed by atoms with Crippen LogP contribution in [0.25, 0.3) is 0 Å². The molecule has 5 rings (SSSR count). The Balaban J connectivity index is 1.43. The number of nitrogens with one attached hydrogen (secondary N) is 1. The van der Waals surface area contributed by atoms with Crippen molar-refractivity contribution in [2.75, 3.05) is 36.9 Å². The predicted octanol–water partition coefficient (Wildman–Crippen LogP) is 3.46. The molecule has 0 aromatic heterocycles. The van der Waals surface area contributed by atoms with Crippen molar-refractivity contribution in [2.45, 2.75) is 57.3 Å². The summed E-state index contributed by atoms with van der Waals surface area (Å²) >= 11 is 0. The Morgan fingerprint density at radius 1 is 1.10 bits per heavy atom. The summed E-state index contributed by atoms with van der Waals surface area (Å²) in [7, 11) is -3.56. The first-order chi connectivity index (χ1) is 14.8. The number of rotatable bonds is 10. The topological polar surface area (TPSA) is 75.7 Å². The van der Waals surface area contributed by atoms with Gasteiger partial charge in [-0.25, -0.2) is 8.42 Å². The third-order valence-electron chi connectivity index (χ3n) is 7.49. The third kappa shape index (κ3) is 5.08. The molecule has 0 aliphatic heterocycles. The molecule has 7 heteroatoms. The quantitative estimate of drug-likeness (QED) is 0.556. The molecular formula is C24H36N2O4S. The molecular weight excluding hydrogens is 412 g/mol. The Bertz CT molecular complexity index is 846. The van der Waals surface area contributed by atoms with E-state index in [1.807, 2.05) is 19.1 Å². The van der Waals surface area contributed by atoms with Gasteiger partial charge in [-0.1, -0.05) is 12.1 Å². The number of anilines is 1. The Hall–Kier alpha value is -1.60. The van der Waals surface area contributed by atoms with Gasteiger partial charge in [0.05, 0.1) is 11.9 Å². The molecule has 1 amide bonds. The molecule has 172 valence electrons. The first-order valence-corrected chi connectivity index (χ1v) is 13.6. The van der Waals surface area contributed by atoms with E-state index >= 15 is 0 Å². The van der Waals surface area contributed by atoms with Crippen molar-refractivity contribution in [1.29, 1.82) is 0 Å². The van der Waals surface area contributed by atoms with Gasteiger partial charge in [-0.3, -0.25) is 9.10 Å². The van der Waals surface area contributed by atoms with E-state index in [0.29, 0.717) is 31.9 Å². The van der Waals surface area contributed by atoms with Crippen LogP contribution < -0.4 is 9.62 Å². The summed E-state index contributed by atoms with van der Waals surface area (Å²) < 4.78 is 31.3. The maximum atomic E-state index is 12.4. The molecule has 1 aromatic carbocycles. The van der Waals surface area contributed by atoms with Crippen LogP contribution in [0.4, 0.5) is 5.69 Å². The van der Waals surface area contributed by atoms with Gasteiger partial charge < -0.3 is 10.1 Å². The van der Waals surface area contributed by atoms with Crippen LogP contribution in [0.5, 0.6) is 0 Å². The van der Waals surface area contributed by atoms with Gasteiger partial charge >= 0.3 is 0 Å². The average molecular weight is 449 g/mol. The number of hydrogen-bond acceptors (Lipinski definition) is 4. The van der Waals surface area contributed by atoms with Crippen LogP contribution >= 0.6 is 0 Å². The summed E-state index contributed by atoms with van der Waals surface area (Å²) in [4.78, 5) is 12.3. The molecule has 4 aliphatic carbocycles. The van der Waals surface area contributed by atoms with Gasteiger partial charge in [0.15, 0.2) is 0 Å². The molecule has 1 aromatic rings. The van der Waals surface area contributed by atoms with Gasteiger partial charge in [-0.05, 0) is 92.7 Å². The molecule has 4 bridgehead atoms. The molecule has 0 heterocycles. The Morgan fingerprint density at radius 3 is 2.19 bits per heavy atom. The average Bonchev–Trinajstić information content (AvgIpc) is 2.70. The minimum Gasteiger partial charge on any atom is -0.382 e. The van der Waals surface area contributed by atoms with Crippen LogP contribution in [0.1, 0.15) is 57.4 Å². The van der Waals surface area contributed by atoms with E-state index in [-0.39, 0.29) is 17.9 Å². The van der Waals surface area contributed by atoms with Gasteiger partial charge in [-0.2, -0.15) is 0 Å². The van der Waals surface area contributed by atoms with Crippen LogP contribution in [-0.2, 0) is 25.0 Å². The number of sulfonamides is 1. The molecule has 4 saturated carbocycles. The minimum absolute atomic E-state index is 0.204. The van der Waals surface area contributed by atoms with Gasteiger partial charge in [0, 0.05) is 19.8 Å². The van der Waals surface area contributed by atoms with E-state index in [1.54, 1.807) is 0 Å². The van der Waals surface area contributed by atoms with E-state index in [1.165, 1.54) is 48.4 Å². The maximum absolute atomic E-state index is 12.4. The van der Waals surface area contributed by atoms with Gasteiger partial charge in [0.2, 0.25) is 15.9 Å². The normalized spacial score (nSPS) is 29.2. The van der Waals surface area contributed by atoms with E-state index in [2.05, 4.69) is 17.4 Å². The lowest BCUT2D eigenvalue weighted by Crippen LogP contribution is -2.48. The second-order valence-electron chi connectivity index (χ2n) is 9.91. The summed E-state index contributed by atoms with van der Waals surface area (Å²) in [6.45, 7) is 3.43. The summed E-state index contributed by atoms with van der Waals surface area (Å²) in [6.07, 6.45) is 9.89. The van der Waals surface area contributed by atoms with Crippen LogP contribution in [0, 0.1) is 17.8 Å². The number of nitrogens with zero attached hydrogens (tertiary/aromatic N) is 1. The molecule has 31 heavy (non-hydrogen) atoms. The van der Waals surface area contributed by atoms with Crippen molar-refractivity contribution >= 4 is 21.6 Å². The summed E-state index contributed by atoms with van der Waals surface area (Å²) in [6, 6.07) is 8.00. The largest absolute Gasteiger partial charge is 0.382 e. The lowest BCUT2D eigenvalue weighted by molar-refractivity contribution is -0.119. The molecule has 4 fully saturated rings. The highest BCUT2D eigenvalue weighted by Crippen LogP contribution is 2.60. The Morgan fingerprint density at radius 2 is 1.68 bits per heavy atom. The van der Waals surface area contributed by atoms with E-state index in [0.717, 1.165) is 24.0 Å². The Kier molecular flexibility index (Phi) is 6.63. The molecule has 1 N–H and O–H groups in total. The lowest BCUT2D eigenvalue weighted by Gasteiger charge is -2.57. The summed E-state index contributed by atoms with van der Waals surface area (Å²) in [5.41, 5.74) is 2.19. The zero-order chi connectivity index (χ0) is 22.1. The minimum atomic E-state index is -3.56. The van der Waals surface area contributed by atoms with Crippen LogP contribution in [0.2, 0.25) is 0 Å². The van der Waals surface area contributed by atoms with Gasteiger partial charge in [-0.15, -0.1) is 0 Å². The van der Waals surface area contributed by atoms with Crippen molar-refractivity contribution in [1.82, 2.24) is 5.32 Å². The number of carbonyl (C=O) groups excluding carboxylic acids is 1. The third-order valence-corrected chi connectivity index (χ3v) is 8.63. The zero-order valence-electron chi connectivity index (χ0n) is 18.8. The van der Waals surface area contributed by atoms with Crippen LogP contribution in [0.15, 0.2) is 24.3 Å². The number of ether oxygens (including phenoxy) is 1. The summed E-state index contributed by atoms with van der Waals surface area (Å²) in [5, 5.41) is 2.79. The van der Waals surface area contributed by atoms with Gasteiger partial charge in [0.1, 0.15) is 6.54 Å². The molecule has 0 saturated heterocycles. The number of carbonyl (C=O) groups is 1. The van der Waals surface area contributed by atoms with Crippen molar-refractivity contribution < 1.29 is 17.9 Å². The van der Waals surface area contributed by atoms with Crippen molar-refractivity contribution in [3.63, 3.8) is 0 Å². The van der Waals surface area contributed by atoms with E-state index < -0.39 is 10.0 Å². The smallest absolute Gasteiger partial charge is 0.240 e. The highest BCUT2D eigenvalue weighted by atomic mass is 32.2. The standard InChI is InChI=1S/C24H36N2O4S/c1-3-30-10-4-9-25-23(27)17-26(31(2,28)29)22-7-5-21(6-8-22)24-14-18-11-19(15-24)13-20(12-18)16-24/h5-8,18-20H,3-4,9-17H2,1-2H3,(H,25,27). The monoisotopic (exact) mass is 448 g/mol. The van der Waals surface area contributed by atoms with Crippen molar-refractivity contribution in [3.8, 4) is 0 Å². The predicted molar refractivity (Wildman–Crippen MR) is 123 cm³/mol. The fraction of sp³-hybridized carbons (Fsp3) is 0.708. The molecule has 0 unspecified atom stereocenters. The highest BCUT2D eigenvalue weighted by molar-refractivity contribution is 7.92. The molecule has 0 atom stereocenters. The summed E-state index contributed by atoms with van der Waals surface area (Å²) in [5.74, 6) is 2.30. The molecule has 0 radical (unpaired) electrons. The molecule has 4 aliphatic rings. The maximum Gasteiger partial charge on any atom is 0.240 e. The van der Waals surface area contributed by atoms with Crippen molar-refractivity contribution in [3.05, 3.63) is 29.8 Å². The Labute approximate surface area is 186 Å². The SMILES string of the molecule is CCOCCCNC(=O)CN(c1ccc(C23CC4CC(CC(C4)C2)C3)cc1)S(C)(=O)=O. The fourth-order valence-electron chi connectivity index (χ4n) is 6.58. The number of hydrogen-bond donors (Lipinski definition) is 1. The van der Waals surface area contributed by atoms with E-state index in [9.17, 15) is 13.2 Å².